The van der Waals surface area contributed by atoms with Crippen LogP contribution in [0.4, 0.5) is 5.69 Å². The normalized spacial score (nSPS) is 10.6. The van der Waals surface area contributed by atoms with Gasteiger partial charge in [-0.15, -0.1) is 0 Å². The van der Waals surface area contributed by atoms with Crippen LogP contribution in [0.2, 0.25) is 0 Å². The Kier molecular flexibility index (Phi) is 7.09. The van der Waals surface area contributed by atoms with Gasteiger partial charge in [0, 0.05) is 9.13 Å². The number of hydrazone groups is 1. The van der Waals surface area contributed by atoms with Gasteiger partial charge in [-0.25, -0.2) is 5.43 Å². The molecule has 24 heavy (non-hydrogen) atoms. The molecule has 0 spiro atoms. The zero-order valence-electron chi connectivity index (χ0n) is 12.7. The standard InChI is InChI=1S/C16H15I2N3O3/c1-24-14-5-3-2-4-13(14)19-9-15(22)21-20-8-10-6-11(17)7-12(18)16(10)23/h2-8,19,23H,9H2,1H3,(H,21,22)/b20-8-. The van der Waals surface area contributed by atoms with Gasteiger partial charge in [0.2, 0.25) is 0 Å². The van der Waals surface area contributed by atoms with Crippen LogP contribution >= 0.6 is 45.2 Å². The second-order valence-corrected chi connectivity index (χ2v) is 7.08. The van der Waals surface area contributed by atoms with Crippen molar-refractivity contribution in [2.75, 3.05) is 19.0 Å². The van der Waals surface area contributed by atoms with E-state index in [1.54, 1.807) is 19.2 Å². The lowest BCUT2D eigenvalue weighted by Crippen LogP contribution is -2.26. The van der Waals surface area contributed by atoms with Crippen LogP contribution in [0, 0.1) is 7.14 Å². The number of ether oxygens (including phenoxy) is 1. The molecule has 2 aromatic carbocycles. The van der Waals surface area contributed by atoms with E-state index in [9.17, 15) is 9.90 Å². The van der Waals surface area contributed by atoms with Crippen molar-refractivity contribution in [1.29, 1.82) is 0 Å². The van der Waals surface area contributed by atoms with E-state index >= 15 is 0 Å². The number of hydrogen-bond donors (Lipinski definition) is 3. The highest BCUT2D eigenvalue weighted by atomic mass is 127. The zero-order chi connectivity index (χ0) is 17.5. The summed E-state index contributed by atoms with van der Waals surface area (Å²) in [5, 5.41) is 16.8. The Morgan fingerprint density at radius 2 is 2.08 bits per heavy atom. The average Bonchev–Trinajstić information content (AvgIpc) is 2.57. The molecule has 0 saturated carbocycles. The molecule has 0 bridgehead atoms. The Labute approximate surface area is 167 Å². The molecule has 0 unspecified atom stereocenters. The van der Waals surface area contributed by atoms with Gasteiger partial charge in [0.25, 0.3) is 5.91 Å². The Bertz CT molecular complexity index is 766. The summed E-state index contributed by atoms with van der Waals surface area (Å²) in [6.07, 6.45) is 1.42. The monoisotopic (exact) mass is 551 g/mol. The van der Waals surface area contributed by atoms with Gasteiger partial charge in [-0.3, -0.25) is 4.79 Å². The van der Waals surface area contributed by atoms with E-state index in [2.05, 4.69) is 38.4 Å². The molecule has 0 aliphatic rings. The van der Waals surface area contributed by atoms with E-state index in [0.29, 0.717) is 11.3 Å². The Morgan fingerprint density at radius 1 is 1.33 bits per heavy atom. The van der Waals surface area contributed by atoms with Crippen LogP contribution in [0.5, 0.6) is 11.5 Å². The Hall–Kier alpha value is -1.56. The highest BCUT2D eigenvalue weighted by molar-refractivity contribution is 14.1. The molecule has 2 aromatic rings. The van der Waals surface area contributed by atoms with Crippen molar-refractivity contribution in [2.45, 2.75) is 0 Å². The summed E-state index contributed by atoms with van der Waals surface area (Å²) in [6.45, 7) is 0.0492. The lowest BCUT2D eigenvalue weighted by atomic mass is 10.2. The van der Waals surface area contributed by atoms with E-state index in [-0.39, 0.29) is 18.2 Å². The summed E-state index contributed by atoms with van der Waals surface area (Å²) in [5.74, 6) is 0.491. The molecule has 0 radical (unpaired) electrons. The highest BCUT2D eigenvalue weighted by Gasteiger charge is 2.06. The summed E-state index contributed by atoms with van der Waals surface area (Å²) < 4.78 is 6.90. The van der Waals surface area contributed by atoms with E-state index in [1.165, 1.54) is 6.21 Å². The number of carbonyl (C=O) groups is 1. The summed E-state index contributed by atoms with van der Waals surface area (Å²) in [5.41, 5.74) is 3.69. The SMILES string of the molecule is COc1ccccc1NCC(=O)N/N=C\c1cc(I)cc(I)c1O. The van der Waals surface area contributed by atoms with Crippen LogP contribution in [0.15, 0.2) is 41.5 Å². The predicted octanol–water partition coefficient (Wildman–Crippen LogP) is 3.17. The molecule has 0 fully saturated rings. The smallest absolute Gasteiger partial charge is 0.259 e. The van der Waals surface area contributed by atoms with Crippen molar-refractivity contribution in [3.05, 3.63) is 49.1 Å². The number of rotatable bonds is 6. The second kappa shape index (κ2) is 9.06. The number of aromatic hydroxyl groups is 1. The van der Waals surface area contributed by atoms with Gasteiger partial charge in [0.05, 0.1) is 29.1 Å². The van der Waals surface area contributed by atoms with Gasteiger partial charge in [0.1, 0.15) is 11.5 Å². The Morgan fingerprint density at radius 3 is 2.83 bits per heavy atom. The number of phenolic OH excluding ortho intramolecular Hbond substituents is 1. The highest BCUT2D eigenvalue weighted by Crippen LogP contribution is 2.25. The van der Waals surface area contributed by atoms with Gasteiger partial charge in [-0.05, 0) is 69.4 Å². The topological polar surface area (TPSA) is 83.0 Å². The lowest BCUT2D eigenvalue weighted by Gasteiger charge is -2.09. The van der Waals surface area contributed by atoms with Gasteiger partial charge < -0.3 is 15.2 Å². The number of carbonyl (C=O) groups excluding carboxylic acids is 1. The van der Waals surface area contributed by atoms with Crippen LogP contribution in [0.3, 0.4) is 0 Å². The molecule has 126 valence electrons. The maximum Gasteiger partial charge on any atom is 0.259 e. The number of methoxy groups -OCH3 is 1. The van der Waals surface area contributed by atoms with Gasteiger partial charge in [-0.2, -0.15) is 5.10 Å². The minimum absolute atomic E-state index is 0.0492. The van der Waals surface area contributed by atoms with Crippen molar-refractivity contribution >= 4 is 63.0 Å². The maximum atomic E-state index is 11.8. The summed E-state index contributed by atoms with van der Waals surface area (Å²) in [6, 6.07) is 11.0. The average molecular weight is 551 g/mol. The molecule has 3 N–H and O–H groups in total. The largest absolute Gasteiger partial charge is 0.506 e. The molecule has 0 atom stereocenters. The molecule has 8 heteroatoms. The third-order valence-corrected chi connectivity index (χ3v) is 4.44. The number of phenols is 1. The number of nitrogens with one attached hydrogen (secondary N) is 2. The number of para-hydroxylation sites is 2. The summed E-state index contributed by atoms with van der Waals surface area (Å²) >= 11 is 4.19. The quantitative estimate of drug-likeness (QED) is 0.293. The minimum atomic E-state index is -0.308. The van der Waals surface area contributed by atoms with Crippen molar-refractivity contribution in [3.8, 4) is 11.5 Å². The van der Waals surface area contributed by atoms with Crippen LogP contribution in [0.1, 0.15) is 5.56 Å². The minimum Gasteiger partial charge on any atom is -0.506 e. The van der Waals surface area contributed by atoms with Crippen LogP contribution < -0.4 is 15.5 Å². The third-order valence-electron chi connectivity index (χ3n) is 3.00. The second-order valence-electron chi connectivity index (χ2n) is 4.67. The first-order valence-electron chi connectivity index (χ1n) is 6.88. The number of benzene rings is 2. The van der Waals surface area contributed by atoms with Crippen molar-refractivity contribution in [2.24, 2.45) is 5.10 Å². The molecule has 6 nitrogen and oxygen atoms in total. The Balaban J connectivity index is 1.92. The molecule has 0 aromatic heterocycles. The molecular formula is C16H15I2N3O3. The molecular weight excluding hydrogens is 536 g/mol. The van der Waals surface area contributed by atoms with E-state index in [1.807, 2.05) is 46.9 Å². The van der Waals surface area contributed by atoms with Gasteiger partial charge in [0.15, 0.2) is 0 Å². The first-order chi connectivity index (χ1) is 11.5. The maximum absolute atomic E-state index is 11.8. The number of halogens is 2. The van der Waals surface area contributed by atoms with Crippen LogP contribution in [-0.2, 0) is 4.79 Å². The number of amides is 1. The molecule has 0 saturated heterocycles. The fraction of sp³-hybridized carbons (Fsp3) is 0.125. The predicted molar refractivity (Wildman–Crippen MR) is 111 cm³/mol. The van der Waals surface area contributed by atoms with Crippen LogP contribution in [-0.4, -0.2) is 30.9 Å². The lowest BCUT2D eigenvalue weighted by molar-refractivity contribution is -0.119. The zero-order valence-corrected chi connectivity index (χ0v) is 17.0. The van der Waals surface area contributed by atoms with Gasteiger partial charge >= 0.3 is 0 Å². The van der Waals surface area contributed by atoms with Gasteiger partial charge in [-0.1, -0.05) is 12.1 Å². The molecule has 1 amide bonds. The fourth-order valence-electron chi connectivity index (χ4n) is 1.86. The molecule has 0 heterocycles. The van der Waals surface area contributed by atoms with E-state index in [0.717, 1.165) is 12.8 Å². The number of anilines is 1. The molecule has 0 aliphatic heterocycles. The van der Waals surface area contributed by atoms with Crippen molar-refractivity contribution in [3.63, 3.8) is 0 Å². The van der Waals surface area contributed by atoms with E-state index in [4.69, 9.17) is 4.74 Å². The summed E-state index contributed by atoms with van der Waals surface area (Å²) in [4.78, 5) is 11.8. The first-order valence-corrected chi connectivity index (χ1v) is 9.04. The van der Waals surface area contributed by atoms with Crippen LogP contribution in [0.25, 0.3) is 0 Å². The molecule has 2 rings (SSSR count). The first kappa shape index (κ1) is 18.8. The van der Waals surface area contributed by atoms with E-state index < -0.39 is 0 Å². The fourth-order valence-corrected chi connectivity index (χ4v) is 3.75. The van der Waals surface area contributed by atoms with Crippen molar-refractivity contribution in [1.82, 2.24) is 5.43 Å². The summed E-state index contributed by atoms with van der Waals surface area (Å²) in [7, 11) is 1.57. The van der Waals surface area contributed by atoms with Crippen molar-refractivity contribution < 1.29 is 14.6 Å². The molecule has 0 aliphatic carbocycles. The number of nitrogens with zero attached hydrogens (tertiary/aromatic N) is 1. The third kappa shape index (κ3) is 5.23. The number of hydrogen-bond acceptors (Lipinski definition) is 5.